The Bertz CT molecular complexity index is 761. The monoisotopic (exact) mass is 382 g/mol. The molecule has 0 bridgehead atoms. The molecule has 144 valence electrons. The van der Waals surface area contributed by atoms with Gasteiger partial charge in [0.15, 0.2) is 6.61 Å². The van der Waals surface area contributed by atoms with Crippen molar-refractivity contribution >= 4 is 21.9 Å². The maximum Gasteiger partial charge on any atom is 0.338 e. The summed E-state index contributed by atoms with van der Waals surface area (Å²) in [7, 11) is -0.816. The molecule has 0 aromatic heterocycles. The third kappa shape index (κ3) is 5.04. The molecule has 1 fully saturated rings. The second-order valence-electron chi connectivity index (χ2n) is 6.83. The van der Waals surface area contributed by atoms with E-state index in [1.54, 1.807) is 0 Å². The quantitative estimate of drug-likeness (QED) is 0.757. The molecule has 1 saturated carbocycles. The Morgan fingerprint density at radius 2 is 1.92 bits per heavy atom. The number of esters is 1. The molecule has 1 aliphatic rings. The number of rotatable bonds is 6. The molecule has 0 aliphatic heterocycles. The molecule has 7 nitrogen and oxygen atoms in total. The van der Waals surface area contributed by atoms with Crippen LogP contribution in [0.4, 0.5) is 0 Å². The standard InChI is InChI=1S/C18H26N2O5S/c1-13-7-4-5-10-16(13)19-17(21)12-25-18(22)14-8-6-9-15(11-14)26(23,24)20(2)3/h6,8-9,11,13,16H,4-5,7,10,12H2,1-3H3,(H,19,21). The number of nitrogens with one attached hydrogen (secondary N) is 1. The fourth-order valence-corrected chi connectivity index (χ4v) is 3.94. The van der Waals surface area contributed by atoms with Gasteiger partial charge >= 0.3 is 5.97 Å². The number of nitrogens with zero attached hydrogens (tertiary/aromatic N) is 1. The van der Waals surface area contributed by atoms with E-state index in [9.17, 15) is 18.0 Å². The van der Waals surface area contributed by atoms with Gasteiger partial charge in [-0.25, -0.2) is 17.5 Å². The molecule has 0 heterocycles. The summed E-state index contributed by atoms with van der Waals surface area (Å²) in [4.78, 5) is 24.2. The van der Waals surface area contributed by atoms with Crippen LogP contribution in [-0.2, 0) is 19.6 Å². The Kier molecular flexibility index (Phi) is 6.77. The van der Waals surface area contributed by atoms with Gasteiger partial charge in [-0.05, 0) is 37.0 Å². The molecule has 1 aromatic carbocycles. The van der Waals surface area contributed by atoms with Crippen molar-refractivity contribution in [2.45, 2.75) is 43.5 Å². The lowest BCUT2D eigenvalue weighted by Crippen LogP contribution is -2.42. The van der Waals surface area contributed by atoms with Gasteiger partial charge < -0.3 is 10.1 Å². The van der Waals surface area contributed by atoms with Crippen molar-refractivity contribution in [1.82, 2.24) is 9.62 Å². The second-order valence-corrected chi connectivity index (χ2v) is 8.98. The zero-order valence-corrected chi connectivity index (χ0v) is 16.2. The summed E-state index contributed by atoms with van der Waals surface area (Å²) in [5.74, 6) is -0.655. The molecule has 8 heteroatoms. The number of amides is 1. The largest absolute Gasteiger partial charge is 0.452 e. The van der Waals surface area contributed by atoms with Gasteiger partial charge in [0, 0.05) is 20.1 Å². The van der Waals surface area contributed by atoms with Crippen molar-refractivity contribution in [3.8, 4) is 0 Å². The molecule has 1 aromatic rings. The molecule has 0 radical (unpaired) electrons. The van der Waals surface area contributed by atoms with E-state index in [1.165, 1.54) is 44.8 Å². The summed E-state index contributed by atoms with van der Waals surface area (Å²) in [6, 6.07) is 5.69. The van der Waals surface area contributed by atoms with Gasteiger partial charge in [-0.3, -0.25) is 4.79 Å². The van der Waals surface area contributed by atoms with Crippen molar-refractivity contribution in [1.29, 1.82) is 0 Å². The topological polar surface area (TPSA) is 92.8 Å². The highest BCUT2D eigenvalue weighted by Gasteiger charge is 2.23. The van der Waals surface area contributed by atoms with E-state index in [-0.39, 0.29) is 29.0 Å². The van der Waals surface area contributed by atoms with Gasteiger partial charge in [-0.2, -0.15) is 0 Å². The maximum atomic E-state index is 12.1. The lowest BCUT2D eigenvalue weighted by atomic mass is 9.86. The molecule has 1 amide bonds. The number of hydrogen-bond acceptors (Lipinski definition) is 5. The Morgan fingerprint density at radius 1 is 1.23 bits per heavy atom. The minimum absolute atomic E-state index is 0.00238. The van der Waals surface area contributed by atoms with Gasteiger partial charge in [0.1, 0.15) is 0 Å². The summed E-state index contributed by atoms with van der Waals surface area (Å²) in [5, 5.41) is 2.91. The van der Waals surface area contributed by atoms with E-state index in [2.05, 4.69) is 12.2 Å². The van der Waals surface area contributed by atoms with Gasteiger partial charge in [-0.15, -0.1) is 0 Å². The van der Waals surface area contributed by atoms with Gasteiger partial charge in [0.25, 0.3) is 5.91 Å². The molecule has 0 saturated heterocycles. The molecular formula is C18H26N2O5S. The van der Waals surface area contributed by atoms with E-state index in [0.717, 1.165) is 23.6 Å². The van der Waals surface area contributed by atoms with Crippen LogP contribution in [0, 0.1) is 5.92 Å². The molecular weight excluding hydrogens is 356 g/mol. The highest BCUT2D eigenvalue weighted by Crippen LogP contribution is 2.23. The van der Waals surface area contributed by atoms with Crippen LogP contribution in [0.15, 0.2) is 29.2 Å². The van der Waals surface area contributed by atoms with E-state index in [4.69, 9.17) is 4.74 Å². The van der Waals surface area contributed by atoms with Gasteiger partial charge in [0.05, 0.1) is 10.5 Å². The Hall–Kier alpha value is -1.93. The summed E-state index contributed by atoms with van der Waals surface area (Å²) < 4.78 is 30.4. The number of carbonyl (C=O) groups excluding carboxylic acids is 2. The molecule has 2 atom stereocenters. The van der Waals surface area contributed by atoms with E-state index in [0.29, 0.717) is 5.92 Å². The minimum atomic E-state index is -3.64. The Morgan fingerprint density at radius 3 is 2.58 bits per heavy atom. The van der Waals surface area contributed by atoms with Crippen LogP contribution in [0.5, 0.6) is 0 Å². The van der Waals surface area contributed by atoms with Crippen molar-refractivity contribution in [3.63, 3.8) is 0 Å². The van der Waals surface area contributed by atoms with E-state index >= 15 is 0 Å². The summed E-state index contributed by atoms with van der Waals surface area (Å²) in [6.07, 6.45) is 4.28. The van der Waals surface area contributed by atoms with Crippen molar-refractivity contribution in [2.24, 2.45) is 5.92 Å². The van der Waals surface area contributed by atoms with Gasteiger partial charge in [-0.1, -0.05) is 25.8 Å². The Labute approximate surface area is 154 Å². The zero-order valence-electron chi connectivity index (χ0n) is 15.4. The highest BCUT2D eigenvalue weighted by atomic mass is 32.2. The number of ether oxygens (including phenoxy) is 1. The van der Waals surface area contributed by atoms with E-state index < -0.39 is 16.0 Å². The lowest BCUT2D eigenvalue weighted by Gasteiger charge is -2.29. The molecule has 26 heavy (non-hydrogen) atoms. The first-order valence-corrected chi connectivity index (χ1v) is 10.1. The summed E-state index contributed by atoms with van der Waals surface area (Å²) >= 11 is 0. The normalized spacial score (nSPS) is 20.6. The summed E-state index contributed by atoms with van der Waals surface area (Å²) in [5.41, 5.74) is 0.0896. The molecule has 2 unspecified atom stereocenters. The number of carbonyl (C=O) groups is 2. The fourth-order valence-electron chi connectivity index (χ4n) is 2.99. The average Bonchev–Trinajstić information content (AvgIpc) is 2.61. The van der Waals surface area contributed by atoms with Crippen LogP contribution < -0.4 is 5.32 Å². The molecule has 1 aliphatic carbocycles. The van der Waals surface area contributed by atoms with Crippen LogP contribution in [0.1, 0.15) is 43.0 Å². The first-order chi connectivity index (χ1) is 12.2. The van der Waals surface area contributed by atoms with Crippen molar-refractivity contribution in [3.05, 3.63) is 29.8 Å². The predicted octanol–water partition coefficient (Wildman–Crippen LogP) is 1.79. The highest BCUT2D eigenvalue weighted by molar-refractivity contribution is 7.89. The van der Waals surface area contributed by atoms with Crippen LogP contribution in [0.2, 0.25) is 0 Å². The van der Waals surface area contributed by atoms with Crippen LogP contribution in [0.3, 0.4) is 0 Å². The third-order valence-electron chi connectivity index (χ3n) is 4.64. The minimum Gasteiger partial charge on any atom is -0.452 e. The van der Waals surface area contributed by atoms with Crippen molar-refractivity contribution < 1.29 is 22.7 Å². The van der Waals surface area contributed by atoms with Gasteiger partial charge in [0.2, 0.25) is 10.0 Å². The first-order valence-electron chi connectivity index (χ1n) is 8.71. The fraction of sp³-hybridized carbons (Fsp3) is 0.556. The number of sulfonamides is 1. The van der Waals surface area contributed by atoms with Crippen LogP contribution >= 0.6 is 0 Å². The zero-order chi connectivity index (χ0) is 19.3. The van der Waals surface area contributed by atoms with E-state index in [1.807, 2.05) is 0 Å². The second kappa shape index (κ2) is 8.64. The third-order valence-corrected chi connectivity index (χ3v) is 6.45. The lowest BCUT2D eigenvalue weighted by molar-refractivity contribution is -0.125. The predicted molar refractivity (Wildman–Crippen MR) is 97.2 cm³/mol. The number of benzene rings is 1. The maximum absolute atomic E-state index is 12.1. The first kappa shape index (κ1) is 20.4. The smallest absolute Gasteiger partial charge is 0.338 e. The molecule has 0 spiro atoms. The number of hydrogen-bond donors (Lipinski definition) is 1. The SMILES string of the molecule is CC1CCCCC1NC(=O)COC(=O)c1cccc(S(=O)(=O)N(C)C)c1. The molecule has 1 N–H and O–H groups in total. The average molecular weight is 382 g/mol. The Balaban J connectivity index is 1.94. The van der Waals surface area contributed by atoms with Crippen LogP contribution in [-0.4, -0.2) is 51.3 Å². The van der Waals surface area contributed by atoms with Crippen LogP contribution in [0.25, 0.3) is 0 Å². The van der Waals surface area contributed by atoms with Crippen molar-refractivity contribution in [2.75, 3.05) is 20.7 Å². The summed E-state index contributed by atoms with van der Waals surface area (Å²) in [6.45, 7) is 1.72. The molecule has 2 rings (SSSR count).